The molecule has 0 aliphatic heterocycles. The molecule has 1 rings (SSSR count). The molecule has 0 radical (unpaired) electrons. The van der Waals surface area contributed by atoms with Crippen LogP contribution in [-0.2, 0) is 14.3 Å². The normalized spacial score (nSPS) is 27.9. The molecule has 0 amide bonds. The van der Waals surface area contributed by atoms with Crippen molar-refractivity contribution in [3.05, 3.63) is 0 Å². The van der Waals surface area contributed by atoms with E-state index >= 15 is 0 Å². The van der Waals surface area contributed by atoms with E-state index in [9.17, 15) is 4.79 Å². The van der Waals surface area contributed by atoms with Crippen molar-refractivity contribution in [2.45, 2.75) is 72.4 Å². The van der Waals surface area contributed by atoms with Crippen molar-refractivity contribution in [3.8, 4) is 0 Å². The van der Waals surface area contributed by atoms with Gasteiger partial charge in [0.25, 0.3) is 0 Å². The van der Waals surface area contributed by atoms with Gasteiger partial charge in [0, 0.05) is 0 Å². The first-order valence-electron chi connectivity index (χ1n) is 8.26. The van der Waals surface area contributed by atoms with Gasteiger partial charge in [-0.3, -0.25) is 0 Å². The highest BCUT2D eigenvalue weighted by Crippen LogP contribution is 2.39. The molecule has 1 N–H and O–H groups in total. The molecular weight excluding hydrogens is 266 g/mol. The van der Waals surface area contributed by atoms with Gasteiger partial charge in [-0.15, -0.1) is 0 Å². The minimum atomic E-state index is -0.754. The van der Waals surface area contributed by atoms with Gasteiger partial charge in [-0.2, -0.15) is 0 Å². The summed E-state index contributed by atoms with van der Waals surface area (Å²) >= 11 is 0. The van der Waals surface area contributed by atoms with Gasteiger partial charge in [0.1, 0.15) is 5.54 Å². The van der Waals surface area contributed by atoms with E-state index in [0.717, 1.165) is 12.8 Å². The van der Waals surface area contributed by atoms with Crippen molar-refractivity contribution < 1.29 is 14.3 Å². The largest absolute Gasteiger partial charge is 0.465 e. The first-order chi connectivity index (χ1) is 9.72. The minimum absolute atomic E-state index is 0.227. The van der Waals surface area contributed by atoms with E-state index in [1.54, 1.807) is 0 Å². The van der Waals surface area contributed by atoms with E-state index in [-0.39, 0.29) is 12.1 Å². The van der Waals surface area contributed by atoms with Crippen LogP contribution in [0.2, 0.25) is 0 Å². The zero-order chi connectivity index (χ0) is 16.1. The Morgan fingerprint density at radius 3 is 2.52 bits per heavy atom. The molecule has 0 aromatic rings. The number of ether oxygens (including phenoxy) is 2. The number of esters is 1. The van der Waals surface area contributed by atoms with Gasteiger partial charge in [-0.1, -0.05) is 27.7 Å². The molecule has 4 nitrogen and oxygen atoms in total. The molecule has 0 bridgehead atoms. The summed E-state index contributed by atoms with van der Waals surface area (Å²) in [6, 6.07) is 0. The number of nitrogens with one attached hydrogen (secondary N) is 1. The van der Waals surface area contributed by atoms with Crippen molar-refractivity contribution >= 4 is 5.97 Å². The Hall–Kier alpha value is -0.610. The summed E-state index contributed by atoms with van der Waals surface area (Å²) in [5, 5.41) is 3.22. The Morgan fingerprint density at radius 1 is 1.33 bits per heavy atom. The molecule has 0 heterocycles. The highest BCUT2D eigenvalue weighted by atomic mass is 16.5. The van der Waals surface area contributed by atoms with E-state index in [1.165, 1.54) is 6.42 Å². The van der Waals surface area contributed by atoms with E-state index in [0.29, 0.717) is 31.1 Å². The second-order valence-corrected chi connectivity index (χ2v) is 7.43. The third-order valence-electron chi connectivity index (χ3n) is 4.25. The lowest BCUT2D eigenvalue weighted by Gasteiger charge is -2.40. The summed E-state index contributed by atoms with van der Waals surface area (Å²) in [6.45, 7) is 14.0. The Balaban J connectivity index is 2.62. The minimum Gasteiger partial charge on any atom is -0.465 e. The smallest absolute Gasteiger partial charge is 0.328 e. The molecule has 0 spiro atoms. The molecule has 1 saturated carbocycles. The van der Waals surface area contributed by atoms with Crippen LogP contribution in [0.1, 0.15) is 60.8 Å². The summed E-state index contributed by atoms with van der Waals surface area (Å²) in [7, 11) is 0. The third-order valence-corrected chi connectivity index (χ3v) is 4.25. The highest BCUT2D eigenvalue weighted by molar-refractivity contribution is 5.80. The van der Waals surface area contributed by atoms with Crippen LogP contribution in [0.3, 0.4) is 0 Å². The number of hydrogen-bond donors (Lipinski definition) is 1. The molecule has 3 atom stereocenters. The van der Waals surface area contributed by atoms with E-state index < -0.39 is 5.54 Å². The van der Waals surface area contributed by atoms with Gasteiger partial charge >= 0.3 is 5.97 Å². The van der Waals surface area contributed by atoms with Gasteiger partial charge in [0.05, 0.1) is 19.3 Å². The van der Waals surface area contributed by atoms with Crippen LogP contribution in [0, 0.1) is 11.3 Å². The number of carbonyl (C=O) groups is 1. The van der Waals surface area contributed by atoms with Crippen molar-refractivity contribution in [1.82, 2.24) is 5.32 Å². The maximum absolute atomic E-state index is 12.2. The summed E-state index contributed by atoms with van der Waals surface area (Å²) < 4.78 is 11.3. The number of likely N-dealkylation sites (N-methyl/N-ethyl adjacent to an activating group) is 1. The fourth-order valence-corrected chi connectivity index (χ4v) is 3.53. The standard InChI is InChI=1S/C17H33NO3/c1-7-18-17(6,15(19)20-8-2)12-21-14-9-13(3)10-16(4,5)11-14/h13-14,18H,7-12H2,1-6H3. The van der Waals surface area contributed by atoms with Crippen LogP contribution in [0.15, 0.2) is 0 Å². The van der Waals surface area contributed by atoms with Crippen LogP contribution < -0.4 is 5.32 Å². The summed E-state index contributed by atoms with van der Waals surface area (Å²) in [6.07, 6.45) is 3.61. The van der Waals surface area contributed by atoms with Crippen LogP contribution in [0.25, 0.3) is 0 Å². The average Bonchev–Trinajstić information content (AvgIpc) is 2.34. The second kappa shape index (κ2) is 7.59. The van der Waals surface area contributed by atoms with Crippen molar-refractivity contribution in [2.75, 3.05) is 19.8 Å². The van der Waals surface area contributed by atoms with Crippen molar-refractivity contribution in [3.63, 3.8) is 0 Å². The maximum Gasteiger partial charge on any atom is 0.328 e. The van der Waals surface area contributed by atoms with Gasteiger partial charge < -0.3 is 14.8 Å². The number of carbonyl (C=O) groups excluding carboxylic acids is 1. The Bertz CT molecular complexity index is 343. The fraction of sp³-hybridized carbons (Fsp3) is 0.941. The SMILES string of the molecule is CCNC(C)(COC1CC(C)CC(C)(C)C1)C(=O)OCC. The molecule has 0 saturated heterocycles. The fourth-order valence-electron chi connectivity index (χ4n) is 3.53. The van der Waals surface area contributed by atoms with Crippen LogP contribution in [0.4, 0.5) is 0 Å². The van der Waals surface area contributed by atoms with Crippen LogP contribution in [0.5, 0.6) is 0 Å². The molecule has 1 aliphatic rings. The monoisotopic (exact) mass is 299 g/mol. The van der Waals surface area contributed by atoms with Crippen molar-refractivity contribution in [1.29, 1.82) is 0 Å². The van der Waals surface area contributed by atoms with Gasteiger partial charge in [-0.25, -0.2) is 4.79 Å². The van der Waals surface area contributed by atoms with E-state index in [2.05, 4.69) is 26.1 Å². The molecule has 1 fully saturated rings. The lowest BCUT2D eigenvalue weighted by Crippen LogP contribution is -2.54. The van der Waals surface area contributed by atoms with Gasteiger partial charge in [-0.05, 0) is 51.0 Å². The Labute approximate surface area is 130 Å². The number of rotatable bonds is 7. The van der Waals surface area contributed by atoms with E-state index in [4.69, 9.17) is 9.47 Å². The highest BCUT2D eigenvalue weighted by Gasteiger charge is 2.38. The molecule has 124 valence electrons. The van der Waals surface area contributed by atoms with Crippen molar-refractivity contribution in [2.24, 2.45) is 11.3 Å². The lowest BCUT2D eigenvalue weighted by atomic mass is 9.71. The maximum atomic E-state index is 12.2. The average molecular weight is 299 g/mol. The third kappa shape index (κ3) is 5.59. The Morgan fingerprint density at radius 2 is 2.00 bits per heavy atom. The topological polar surface area (TPSA) is 47.6 Å². The zero-order valence-electron chi connectivity index (χ0n) is 14.6. The van der Waals surface area contributed by atoms with Crippen LogP contribution in [-0.4, -0.2) is 37.4 Å². The molecular formula is C17H33NO3. The summed E-state index contributed by atoms with van der Waals surface area (Å²) in [5.41, 5.74) is -0.434. The molecule has 0 aromatic heterocycles. The zero-order valence-corrected chi connectivity index (χ0v) is 14.6. The predicted octanol–water partition coefficient (Wildman–Crippen LogP) is 3.15. The Kier molecular flexibility index (Phi) is 6.67. The quantitative estimate of drug-likeness (QED) is 0.734. The predicted molar refractivity (Wildman–Crippen MR) is 85.3 cm³/mol. The molecule has 1 aliphatic carbocycles. The second-order valence-electron chi connectivity index (χ2n) is 7.43. The van der Waals surface area contributed by atoms with Gasteiger partial charge in [0.2, 0.25) is 0 Å². The molecule has 3 unspecified atom stereocenters. The lowest BCUT2D eigenvalue weighted by molar-refractivity contribution is -0.155. The first kappa shape index (κ1) is 18.4. The summed E-state index contributed by atoms with van der Waals surface area (Å²) in [4.78, 5) is 12.2. The van der Waals surface area contributed by atoms with Gasteiger partial charge in [0.15, 0.2) is 0 Å². The molecule has 4 heteroatoms. The molecule has 0 aromatic carbocycles. The summed E-state index contributed by atoms with van der Waals surface area (Å²) in [5.74, 6) is 0.446. The van der Waals surface area contributed by atoms with Crippen LogP contribution >= 0.6 is 0 Å². The van der Waals surface area contributed by atoms with E-state index in [1.807, 2.05) is 20.8 Å². The molecule has 21 heavy (non-hydrogen) atoms. The first-order valence-corrected chi connectivity index (χ1v) is 8.26. The number of hydrogen-bond acceptors (Lipinski definition) is 4.